The maximum absolute atomic E-state index is 12.0. The van der Waals surface area contributed by atoms with Crippen molar-refractivity contribution >= 4 is 52.5 Å². The molecule has 0 heterocycles. The molecule has 0 bridgehead atoms. The lowest BCUT2D eigenvalue weighted by atomic mass is 10.2. The van der Waals surface area contributed by atoms with Gasteiger partial charge in [0.15, 0.2) is 6.61 Å². The SMILES string of the molecule is Cc1ccc(SCCNC(=O)COC(=O)c2cc(Cl)cc(Cl)c2N)cc1. The monoisotopic (exact) mass is 412 g/mol. The third-order valence-corrected chi connectivity index (χ3v) is 4.91. The number of amides is 1. The van der Waals surface area contributed by atoms with E-state index in [9.17, 15) is 9.59 Å². The number of thioether (sulfide) groups is 1. The van der Waals surface area contributed by atoms with E-state index in [1.807, 2.05) is 31.2 Å². The number of halogens is 2. The molecule has 0 radical (unpaired) electrons. The lowest BCUT2D eigenvalue weighted by molar-refractivity contribution is -0.124. The van der Waals surface area contributed by atoms with E-state index in [1.165, 1.54) is 17.7 Å². The van der Waals surface area contributed by atoms with Crippen LogP contribution in [0.2, 0.25) is 10.0 Å². The number of hydrogen-bond donors (Lipinski definition) is 2. The maximum Gasteiger partial charge on any atom is 0.340 e. The molecule has 1 amide bonds. The van der Waals surface area contributed by atoms with Crippen molar-refractivity contribution < 1.29 is 14.3 Å². The Morgan fingerprint density at radius 1 is 1.19 bits per heavy atom. The number of nitrogens with two attached hydrogens (primary N) is 1. The predicted octanol–water partition coefficient (Wildman–Crippen LogP) is 3.95. The van der Waals surface area contributed by atoms with E-state index < -0.39 is 18.5 Å². The highest BCUT2D eigenvalue weighted by Gasteiger charge is 2.16. The van der Waals surface area contributed by atoms with Gasteiger partial charge in [0.1, 0.15) is 0 Å². The summed E-state index contributed by atoms with van der Waals surface area (Å²) in [5.74, 6) is -0.440. The summed E-state index contributed by atoms with van der Waals surface area (Å²) in [5, 5.41) is 3.10. The molecule has 0 atom stereocenters. The first-order valence-corrected chi connectivity index (χ1v) is 9.49. The Hall–Kier alpha value is -1.89. The highest BCUT2D eigenvalue weighted by Crippen LogP contribution is 2.28. The van der Waals surface area contributed by atoms with E-state index >= 15 is 0 Å². The van der Waals surface area contributed by atoms with Gasteiger partial charge in [-0.25, -0.2) is 4.79 Å². The number of rotatable bonds is 7. The first-order valence-electron chi connectivity index (χ1n) is 7.74. The van der Waals surface area contributed by atoms with E-state index in [0.29, 0.717) is 12.3 Å². The van der Waals surface area contributed by atoms with Gasteiger partial charge in [-0.15, -0.1) is 11.8 Å². The topological polar surface area (TPSA) is 81.4 Å². The molecule has 2 aromatic carbocycles. The van der Waals surface area contributed by atoms with Crippen LogP contribution in [-0.4, -0.2) is 30.8 Å². The molecule has 0 saturated carbocycles. The summed E-state index contributed by atoms with van der Waals surface area (Å²) in [5.41, 5.74) is 7.03. The fourth-order valence-corrected chi connectivity index (χ4v) is 3.27. The minimum atomic E-state index is -0.754. The van der Waals surface area contributed by atoms with Crippen molar-refractivity contribution in [2.45, 2.75) is 11.8 Å². The van der Waals surface area contributed by atoms with Gasteiger partial charge in [0, 0.05) is 22.2 Å². The fraction of sp³-hybridized carbons (Fsp3) is 0.222. The Labute approximate surface area is 166 Å². The van der Waals surface area contributed by atoms with E-state index in [-0.39, 0.29) is 21.3 Å². The van der Waals surface area contributed by atoms with Gasteiger partial charge >= 0.3 is 5.97 Å². The summed E-state index contributed by atoms with van der Waals surface area (Å²) in [6.07, 6.45) is 0. The van der Waals surface area contributed by atoms with Crippen LogP contribution in [0.25, 0.3) is 0 Å². The van der Waals surface area contributed by atoms with Gasteiger partial charge in [0.05, 0.1) is 16.3 Å². The quantitative estimate of drug-likeness (QED) is 0.311. The van der Waals surface area contributed by atoms with Gasteiger partial charge in [-0.2, -0.15) is 0 Å². The molecule has 3 N–H and O–H groups in total. The molecule has 5 nitrogen and oxygen atoms in total. The van der Waals surface area contributed by atoms with Gasteiger partial charge in [0.25, 0.3) is 5.91 Å². The second-order valence-corrected chi connectivity index (χ2v) is 7.45. The second kappa shape index (κ2) is 9.71. The van der Waals surface area contributed by atoms with Crippen molar-refractivity contribution in [1.82, 2.24) is 5.32 Å². The predicted molar refractivity (Wildman–Crippen MR) is 106 cm³/mol. The van der Waals surface area contributed by atoms with Crippen LogP contribution in [0.5, 0.6) is 0 Å². The molecule has 138 valence electrons. The zero-order valence-corrected chi connectivity index (χ0v) is 16.4. The maximum atomic E-state index is 12.0. The second-order valence-electron chi connectivity index (χ2n) is 5.44. The molecule has 26 heavy (non-hydrogen) atoms. The third-order valence-electron chi connectivity index (χ3n) is 3.36. The Kier molecular flexibility index (Phi) is 7.63. The standard InChI is InChI=1S/C18H18Cl2N2O3S/c1-11-2-4-13(5-3-11)26-7-6-22-16(23)10-25-18(24)14-8-12(19)9-15(20)17(14)21/h2-5,8-9H,6-7,10,21H2,1H3,(H,22,23). The normalized spacial score (nSPS) is 10.4. The molecule has 0 aliphatic heterocycles. The molecular weight excluding hydrogens is 395 g/mol. The van der Waals surface area contributed by atoms with Gasteiger partial charge in [0.2, 0.25) is 0 Å². The fourth-order valence-electron chi connectivity index (χ4n) is 2.01. The highest BCUT2D eigenvalue weighted by atomic mass is 35.5. The zero-order chi connectivity index (χ0) is 19.1. The van der Waals surface area contributed by atoms with Crippen molar-refractivity contribution in [3.63, 3.8) is 0 Å². The number of ether oxygens (including phenoxy) is 1. The van der Waals surface area contributed by atoms with Gasteiger partial charge in [-0.3, -0.25) is 4.79 Å². The zero-order valence-electron chi connectivity index (χ0n) is 14.1. The summed E-state index contributed by atoms with van der Waals surface area (Å²) in [7, 11) is 0. The van der Waals surface area contributed by atoms with Crippen LogP contribution in [0.1, 0.15) is 15.9 Å². The smallest absolute Gasteiger partial charge is 0.340 e. The molecule has 0 aliphatic rings. The molecule has 0 aromatic heterocycles. The molecule has 0 fully saturated rings. The van der Waals surface area contributed by atoms with Crippen LogP contribution in [0.15, 0.2) is 41.3 Å². The lowest BCUT2D eigenvalue weighted by Crippen LogP contribution is -2.30. The Morgan fingerprint density at radius 2 is 1.88 bits per heavy atom. The Bertz CT molecular complexity index is 798. The molecule has 0 saturated heterocycles. The van der Waals surface area contributed by atoms with Crippen LogP contribution < -0.4 is 11.1 Å². The molecule has 0 unspecified atom stereocenters. The highest BCUT2D eigenvalue weighted by molar-refractivity contribution is 7.99. The number of anilines is 1. The van der Waals surface area contributed by atoms with Gasteiger partial charge < -0.3 is 15.8 Å². The minimum absolute atomic E-state index is 0.0326. The molecular formula is C18H18Cl2N2O3S. The van der Waals surface area contributed by atoms with Crippen molar-refractivity contribution in [3.05, 3.63) is 57.6 Å². The first-order chi connectivity index (χ1) is 12.4. The summed E-state index contributed by atoms with van der Waals surface area (Å²) in [6, 6.07) is 10.9. The largest absolute Gasteiger partial charge is 0.452 e. The molecule has 0 aliphatic carbocycles. The number of nitrogen functional groups attached to an aromatic ring is 1. The Morgan fingerprint density at radius 3 is 2.58 bits per heavy atom. The summed E-state index contributed by atoms with van der Waals surface area (Å²) in [4.78, 5) is 24.9. The minimum Gasteiger partial charge on any atom is -0.452 e. The average molecular weight is 413 g/mol. The molecule has 8 heteroatoms. The van der Waals surface area contributed by atoms with Crippen LogP contribution in [0, 0.1) is 6.92 Å². The molecule has 2 aromatic rings. The summed E-state index contributed by atoms with van der Waals surface area (Å²) >= 11 is 13.3. The molecule has 0 spiro atoms. The van der Waals surface area contributed by atoms with E-state index in [4.69, 9.17) is 33.7 Å². The summed E-state index contributed by atoms with van der Waals surface area (Å²) < 4.78 is 4.95. The van der Waals surface area contributed by atoms with Crippen LogP contribution in [0.3, 0.4) is 0 Å². The van der Waals surface area contributed by atoms with E-state index in [2.05, 4.69) is 5.32 Å². The van der Waals surface area contributed by atoms with Gasteiger partial charge in [-0.05, 0) is 31.2 Å². The van der Waals surface area contributed by atoms with Crippen molar-refractivity contribution in [2.24, 2.45) is 0 Å². The average Bonchev–Trinajstić information content (AvgIpc) is 2.61. The van der Waals surface area contributed by atoms with Gasteiger partial charge in [-0.1, -0.05) is 40.9 Å². The number of nitrogens with one attached hydrogen (secondary N) is 1. The number of benzene rings is 2. The van der Waals surface area contributed by atoms with Crippen molar-refractivity contribution in [1.29, 1.82) is 0 Å². The van der Waals surface area contributed by atoms with E-state index in [1.54, 1.807) is 11.8 Å². The number of carbonyl (C=O) groups is 2. The number of carbonyl (C=O) groups excluding carboxylic acids is 2. The lowest BCUT2D eigenvalue weighted by Gasteiger charge is -2.09. The van der Waals surface area contributed by atoms with Crippen LogP contribution in [-0.2, 0) is 9.53 Å². The van der Waals surface area contributed by atoms with Crippen LogP contribution >= 0.6 is 35.0 Å². The molecule has 2 rings (SSSR count). The third kappa shape index (κ3) is 6.12. The number of aryl methyl sites for hydroxylation is 1. The van der Waals surface area contributed by atoms with E-state index in [0.717, 1.165) is 4.90 Å². The summed E-state index contributed by atoms with van der Waals surface area (Å²) in [6.45, 7) is 2.08. The number of esters is 1. The van der Waals surface area contributed by atoms with Crippen molar-refractivity contribution in [3.8, 4) is 0 Å². The first kappa shape index (κ1) is 20.4. The Balaban J connectivity index is 1.73. The van der Waals surface area contributed by atoms with Crippen LogP contribution in [0.4, 0.5) is 5.69 Å². The number of hydrogen-bond acceptors (Lipinski definition) is 5. The van der Waals surface area contributed by atoms with Crippen molar-refractivity contribution in [2.75, 3.05) is 24.6 Å².